The van der Waals surface area contributed by atoms with E-state index in [0.717, 1.165) is 30.6 Å². The van der Waals surface area contributed by atoms with Crippen LogP contribution in [0.3, 0.4) is 0 Å². The molecule has 1 fully saturated rings. The molecule has 0 atom stereocenters. The Bertz CT molecular complexity index is 1070. The number of rotatable bonds is 1. The van der Waals surface area contributed by atoms with Crippen LogP contribution in [-0.2, 0) is 0 Å². The van der Waals surface area contributed by atoms with Crippen LogP contribution in [0.15, 0.2) is 24.3 Å². The van der Waals surface area contributed by atoms with Gasteiger partial charge in [0.1, 0.15) is 0 Å². The monoisotopic (exact) mass is 390 g/mol. The van der Waals surface area contributed by atoms with E-state index in [-0.39, 0.29) is 23.3 Å². The number of benzene rings is 2. The molecular weight excluding hydrogens is 368 g/mol. The number of carbonyl (C=O) groups excluding carboxylic acids is 4. The van der Waals surface area contributed by atoms with Crippen LogP contribution in [0, 0.1) is 5.41 Å². The van der Waals surface area contributed by atoms with Crippen LogP contribution in [0.1, 0.15) is 81.0 Å². The summed E-state index contributed by atoms with van der Waals surface area (Å²) in [5.41, 5.74) is 1.74. The molecule has 0 spiro atoms. The van der Waals surface area contributed by atoms with Crippen LogP contribution in [0.2, 0.25) is 0 Å². The number of hydrogen-bond donors (Lipinski definition) is 0. The van der Waals surface area contributed by atoms with Crippen LogP contribution in [0.4, 0.5) is 0 Å². The van der Waals surface area contributed by atoms with Crippen molar-refractivity contribution in [2.45, 2.75) is 45.6 Å². The summed E-state index contributed by atoms with van der Waals surface area (Å²) in [4.78, 5) is 54.4. The first-order valence-corrected chi connectivity index (χ1v) is 10.0. The summed E-state index contributed by atoms with van der Waals surface area (Å²) in [6.45, 7) is 4.43. The van der Waals surface area contributed by atoms with Crippen molar-refractivity contribution < 1.29 is 19.2 Å². The van der Waals surface area contributed by atoms with Gasteiger partial charge in [-0.25, -0.2) is 0 Å². The number of nitrogens with zero attached hydrogens (tertiary/aromatic N) is 2. The maximum atomic E-state index is 13.4. The molecular formula is C23H22N2O4. The molecule has 1 aliphatic carbocycles. The van der Waals surface area contributed by atoms with Crippen LogP contribution >= 0.6 is 0 Å². The minimum Gasteiger partial charge on any atom is -0.277 e. The summed E-state index contributed by atoms with van der Waals surface area (Å²) < 4.78 is 0. The highest BCUT2D eigenvalue weighted by molar-refractivity contribution is 6.33. The van der Waals surface area contributed by atoms with E-state index >= 15 is 0 Å². The molecule has 4 amide bonds. The molecule has 0 saturated heterocycles. The van der Waals surface area contributed by atoms with Gasteiger partial charge < -0.3 is 0 Å². The van der Waals surface area contributed by atoms with Gasteiger partial charge in [0.15, 0.2) is 0 Å². The van der Waals surface area contributed by atoms with Gasteiger partial charge in [-0.2, -0.15) is 0 Å². The second-order valence-corrected chi connectivity index (χ2v) is 9.12. The highest BCUT2D eigenvalue weighted by Crippen LogP contribution is 2.41. The molecule has 29 heavy (non-hydrogen) atoms. The first-order chi connectivity index (χ1) is 13.7. The third-order valence-corrected chi connectivity index (χ3v) is 6.80. The second kappa shape index (κ2) is 5.75. The number of hydrogen-bond acceptors (Lipinski definition) is 4. The topological polar surface area (TPSA) is 74.8 Å². The molecule has 6 nitrogen and oxygen atoms in total. The van der Waals surface area contributed by atoms with Gasteiger partial charge in [-0.15, -0.1) is 0 Å². The average molecular weight is 390 g/mol. The van der Waals surface area contributed by atoms with Gasteiger partial charge in [-0.05, 0) is 55.4 Å². The SMILES string of the molecule is CN1C(=O)c2ccc3c4c(ccc(c24)C1=O)C(=O)N(C1CCC(C)(C)CC1)C3=O. The molecule has 2 aliphatic heterocycles. The van der Waals surface area contributed by atoms with Gasteiger partial charge in [-0.3, -0.25) is 29.0 Å². The largest absolute Gasteiger partial charge is 0.277 e. The van der Waals surface area contributed by atoms with E-state index in [0.29, 0.717) is 33.0 Å². The van der Waals surface area contributed by atoms with Crippen molar-refractivity contribution in [3.05, 3.63) is 46.5 Å². The molecule has 0 unspecified atom stereocenters. The van der Waals surface area contributed by atoms with E-state index in [1.807, 2.05) is 0 Å². The molecule has 0 bridgehead atoms. The Morgan fingerprint density at radius 1 is 0.724 bits per heavy atom. The van der Waals surface area contributed by atoms with Gasteiger partial charge in [0.05, 0.1) is 0 Å². The molecule has 5 rings (SSSR count). The fourth-order valence-electron chi connectivity index (χ4n) is 4.99. The molecule has 3 aliphatic rings. The van der Waals surface area contributed by atoms with E-state index in [1.165, 1.54) is 11.9 Å². The van der Waals surface area contributed by atoms with Crippen LogP contribution < -0.4 is 0 Å². The van der Waals surface area contributed by atoms with Crippen molar-refractivity contribution in [2.24, 2.45) is 5.41 Å². The Morgan fingerprint density at radius 2 is 1.10 bits per heavy atom. The normalized spacial score (nSPS) is 21.3. The average Bonchev–Trinajstić information content (AvgIpc) is 2.70. The lowest BCUT2D eigenvalue weighted by atomic mass is 9.74. The van der Waals surface area contributed by atoms with Crippen molar-refractivity contribution in [3.63, 3.8) is 0 Å². The Morgan fingerprint density at radius 3 is 1.52 bits per heavy atom. The summed E-state index contributed by atoms with van der Waals surface area (Å²) in [6, 6.07) is 6.34. The van der Waals surface area contributed by atoms with Gasteiger partial charge in [0.25, 0.3) is 23.6 Å². The Hall–Kier alpha value is -3.02. The minimum absolute atomic E-state index is 0.118. The Labute approximate surface area is 168 Å². The highest BCUT2D eigenvalue weighted by Gasteiger charge is 2.42. The quantitative estimate of drug-likeness (QED) is 0.697. The molecule has 0 radical (unpaired) electrons. The fraction of sp³-hybridized carbons (Fsp3) is 0.391. The molecule has 0 aromatic heterocycles. The summed E-state index contributed by atoms with van der Waals surface area (Å²) in [5, 5.41) is 0.872. The van der Waals surface area contributed by atoms with Crippen LogP contribution in [0.5, 0.6) is 0 Å². The lowest BCUT2D eigenvalue weighted by Crippen LogP contribution is -2.49. The van der Waals surface area contributed by atoms with E-state index in [2.05, 4.69) is 13.8 Å². The summed E-state index contributed by atoms with van der Waals surface area (Å²) >= 11 is 0. The third-order valence-electron chi connectivity index (χ3n) is 6.80. The minimum atomic E-state index is -0.414. The molecule has 2 aromatic carbocycles. The zero-order valence-corrected chi connectivity index (χ0v) is 16.7. The van der Waals surface area contributed by atoms with Crippen LogP contribution in [0.25, 0.3) is 10.8 Å². The first kappa shape index (κ1) is 18.0. The molecule has 2 aromatic rings. The first-order valence-electron chi connectivity index (χ1n) is 10.0. The Kier molecular flexibility index (Phi) is 3.58. The number of amides is 4. The fourth-order valence-corrected chi connectivity index (χ4v) is 4.99. The van der Waals surface area contributed by atoms with E-state index in [1.54, 1.807) is 24.3 Å². The van der Waals surface area contributed by atoms with Crippen molar-refractivity contribution in [2.75, 3.05) is 7.05 Å². The summed E-state index contributed by atoms with van der Waals surface area (Å²) in [5.74, 6) is -1.48. The van der Waals surface area contributed by atoms with E-state index < -0.39 is 11.8 Å². The standard InChI is InChI=1S/C23H22N2O4/c1-23(2)10-8-12(9-11-23)25-21(28)15-6-4-13-17-14(20(27)24(3)19(13)26)5-7-16(18(15)17)22(25)29/h4-7,12H,8-11H2,1-3H3. The Balaban J connectivity index is 1.68. The third kappa shape index (κ3) is 2.35. The zero-order chi connectivity index (χ0) is 20.7. The van der Waals surface area contributed by atoms with Gasteiger partial charge >= 0.3 is 0 Å². The van der Waals surface area contributed by atoms with Crippen molar-refractivity contribution >= 4 is 34.4 Å². The predicted molar refractivity (Wildman–Crippen MR) is 107 cm³/mol. The highest BCUT2D eigenvalue weighted by atomic mass is 16.2. The van der Waals surface area contributed by atoms with Crippen LogP contribution in [-0.4, -0.2) is 46.5 Å². The van der Waals surface area contributed by atoms with Gasteiger partial charge in [-0.1, -0.05) is 13.8 Å². The number of carbonyl (C=O) groups is 4. The molecule has 6 heteroatoms. The molecule has 148 valence electrons. The molecule has 0 N–H and O–H groups in total. The zero-order valence-electron chi connectivity index (χ0n) is 16.7. The van der Waals surface area contributed by atoms with Crippen molar-refractivity contribution in [1.82, 2.24) is 9.80 Å². The maximum absolute atomic E-state index is 13.4. The van der Waals surface area contributed by atoms with Crippen molar-refractivity contribution in [1.29, 1.82) is 0 Å². The second-order valence-electron chi connectivity index (χ2n) is 9.12. The lowest BCUT2D eigenvalue weighted by Gasteiger charge is -2.41. The van der Waals surface area contributed by atoms with Crippen molar-refractivity contribution in [3.8, 4) is 0 Å². The van der Waals surface area contributed by atoms with E-state index in [9.17, 15) is 19.2 Å². The maximum Gasteiger partial charge on any atom is 0.261 e. The van der Waals surface area contributed by atoms with E-state index in [4.69, 9.17) is 0 Å². The smallest absolute Gasteiger partial charge is 0.261 e. The summed E-state index contributed by atoms with van der Waals surface area (Å²) in [7, 11) is 1.44. The predicted octanol–water partition coefficient (Wildman–Crippen LogP) is 3.63. The summed E-state index contributed by atoms with van der Waals surface area (Å²) in [6.07, 6.45) is 3.51. The van der Waals surface area contributed by atoms with Gasteiger partial charge in [0, 0.05) is 46.1 Å². The number of imide groups is 2. The molecule has 1 saturated carbocycles. The molecule has 2 heterocycles. The lowest BCUT2D eigenvalue weighted by molar-refractivity contribution is 0.0448. The van der Waals surface area contributed by atoms with Gasteiger partial charge in [0.2, 0.25) is 0 Å².